The summed E-state index contributed by atoms with van der Waals surface area (Å²) in [4.78, 5) is 24.1. The molecule has 18 heavy (non-hydrogen) atoms. The minimum absolute atomic E-state index is 0.142. The van der Waals surface area contributed by atoms with Crippen LogP contribution < -0.4 is 5.32 Å². The number of amides is 2. The molecule has 1 unspecified atom stereocenters. The number of halogens is 1. The van der Waals surface area contributed by atoms with Crippen LogP contribution in [-0.2, 0) is 16.1 Å². The first kappa shape index (κ1) is 12.7. The fourth-order valence-electron chi connectivity index (χ4n) is 1.99. The van der Waals surface area contributed by atoms with Crippen molar-refractivity contribution in [2.75, 3.05) is 7.05 Å². The Balaban J connectivity index is 2.02. The van der Waals surface area contributed by atoms with Crippen LogP contribution in [0.25, 0.3) is 0 Å². The van der Waals surface area contributed by atoms with E-state index in [0.717, 1.165) is 10.5 Å². The molecule has 0 bridgehead atoms. The number of aryl methyl sites for hydroxylation is 1. The quantitative estimate of drug-likeness (QED) is 0.814. The number of nitrogens with one attached hydrogen (secondary N) is 1. The Hall–Kier alpha value is -1.75. The maximum absolute atomic E-state index is 13.5. The predicted octanol–water partition coefficient (Wildman–Crippen LogP) is 0.981. The second-order valence-corrected chi connectivity index (χ2v) is 4.52. The van der Waals surface area contributed by atoms with Crippen molar-refractivity contribution in [1.82, 2.24) is 10.2 Å². The van der Waals surface area contributed by atoms with Crippen LogP contribution >= 0.6 is 0 Å². The number of hydrogen-bond donors (Lipinski definition) is 1. The Morgan fingerprint density at radius 3 is 2.78 bits per heavy atom. The fourth-order valence-corrected chi connectivity index (χ4v) is 1.99. The van der Waals surface area contributed by atoms with Gasteiger partial charge in [0, 0.05) is 19.2 Å². The summed E-state index contributed by atoms with van der Waals surface area (Å²) in [5.41, 5.74) is 1.46. The minimum atomic E-state index is -0.539. The minimum Gasteiger partial charge on any atom is -0.301 e. The van der Waals surface area contributed by atoms with Gasteiger partial charge >= 0.3 is 0 Å². The average Bonchev–Trinajstić information content (AvgIpc) is 2.58. The first-order chi connectivity index (χ1) is 8.49. The van der Waals surface area contributed by atoms with Crippen molar-refractivity contribution >= 4 is 11.8 Å². The van der Waals surface area contributed by atoms with Gasteiger partial charge < -0.3 is 5.32 Å². The lowest BCUT2D eigenvalue weighted by Crippen LogP contribution is -2.36. The van der Waals surface area contributed by atoms with Crippen LogP contribution in [-0.4, -0.2) is 29.8 Å². The SMILES string of the molecule is Cc1ccc(F)c(CNC2CC(=O)N(C)C2=O)c1. The van der Waals surface area contributed by atoms with E-state index in [-0.39, 0.29) is 30.6 Å². The number of carbonyl (C=O) groups is 2. The standard InChI is InChI=1S/C13H15FN2O2/c1-8-3-4-10(14)9(5-8)7-15-11-6-12(17)16(2)13(11)18/h3-5,11,15H,6-7H2,1-2H3. The average molecular weight is 250 g/mol. The Kier molecular flexibility index (Phi) is 3.43. The maximum Gasteiger partial charge on any atom is 0.246 e. The molecule has 1 atom stereocenters. The molecule has 1 N–H and O–H groups in total. The van der Waals surface area contributed by atoms with Crippen LogP contribution in [0.1, 0.15) is 17.5 Å². The van der Waals surface area contributed by atoms with E-state index in [1.165, 1.54) is 13.1 Å². The zero-order valence-corrected chi connectivity index (χ0v) is 10.4. The van der Waals surface area contributed by atoms with Crippen molar-refractivity contribution < 1.29 is 14.0 Å². The molecule has 2 amide bonds. The highest BCUT2D eigenvalue weighted by atomic mass is 19.1. The first-order valence-electron chi connectivity index (χ1n) is 5.78. The fraction of sp³-hybridized carbons (Fsp3) is 0.385. The molecule has 1 aliphatic rings. The molecule has 0 aromatic heterocycles. The number of likely N-dealkylation sites (tertiary alicyclic amines) is 1. The molecule has 0 saturated carbocycles. The second kappa shape index (κ2) is 4.86. The zero-order chi connectivity index (χ0) is 13.3. The van der Waals surface area contributed by atoms with E-state index in [0.29, 0.717) is 5.56 Å². The first-order valence-corrected chi connectivity index (χ1v) is 5.78. The van der Waals surface area contributed by atoms with Crippen LogP contribution in [0.15, 0.2) is 18.2 Å². The summed E-state index contributed by atoms with van der Waals surface area (Å²) in [6, 6.07) is 4.28. The van der Waals surface area contributed by atoms with Gasteiger partial charge in [0.1, 0.15) is 5.82 Å². The maximum atomic E-state index is 13.5. The Labute approximate surface area is 105 Å². The van der Waals surface area contributed by atoms with E-state index in [9.17, 15) is 14.0 Å². The largest absolute Gasteiger partial charge is 0.301 e. The van der Waals surface area contributed by atoms with Crippen LogP contribution in [0.2, 0.25) is 0 Å². The highest BCUT2D eigenvalue weighted by molar-refractivity contribution is 6.05. The molecule has 2 rings (SSSR count). The van der Waals surface area contributed by atoms with Crippen LogP contribution in [0.3, 0.4) is 0 Å². The number of imide groups is 1. The van der Waals surface area contributed by atoms with Gasteiger partial charge in [0.2, 0.25) is 11.8 Å². The number of rotatable bonds is 3. The summed E-state index contributed by atoms with van der Waals surface area (Å²) in [6.45, 7) is 2.12. The van der Waals surface area contributed by atoms with E-state index in [1.54, 1.807) is 12.1 Å². The lowest BCUT2D eigenvalue weighted by molar-refractivity contribution is -0.137. The van der Waals surface area contributed by atoms with Gasteiger partial charge in [0.25, 0.3) is 0 Å². The molecular weight excluding hydrogens is 235 g/mol. The summed E-state index contributed by atoms with van der Waals surface area (Å²) in [5.74, 6) is -0.770. The molecule has 0 spiro atoms. The zero-order valence-electron chi connectivity index (χ0n) is 10.4. The highest BCUT2D eigenvalue weighted by Gasteiger charge is 2.35. The van der Waals surface area contributed by atoms with Crippen LogP contribution in [0, 0.1) is 12.7 Å². The number of carbonyl (C=O) groups excluding carboxylic acids is 2. The van der Waals surface area contributed by atoms with Gasteiger partial charge in [-0.15, -0.1) is 0 Å². The number of likely N-dealkylation sites (N-methyl/N-ethyl adjacent to an activating group) is 1. The van der Waals surface area contributed by atoms with Crippen molar-refractivity contribution in [1.29, 1.82) is 0 Å². The predicted molar refractivity (Wildman–Crippen MR) is 64.2 cm³/mol. The molecule has 5 heteroatoms. The summed E-state index contributed by atoms with van der Waals surface area (Å²) >= 11 is 0. The third-order valence-electron chi connectivity index (χ3n) is 3.12. The molecule has 1 heterocycles. The summed E-state index contributed by atoms with van der Waals surface area (Å²) in [6.07, 6.45) is 0.142. The van der Waals surface area contributed by atoms with Crippen molar-refractivity contribution in [2.45, 2.75) is 25.9 Å². The van der Waals surface area contributed by atoms with Crippen molar-refractivity contribution in [3.8, 4) is 0 Å². The summed E-state index contributed by atoms with van der Waals surface area (Å²) in [7, 11) is 1.46. The molecule has 96 valence electrons. The molecule has 4 nitrogen and oxygen atoms in total. The molecule has 1 aliphatic heterocycles. The van der Waals surface area contributed by atoms with Gasteiger partial charge in [-0.3, -0.25) is 14.5 Å². The third-order valence-corrected chi connectivity index (χ3v) is 3.12. The van der Waals surface area contributed by atoms with Gasteiger partial charge in [-0.1, -0.05) is 17.7 Å². The number of benzene rings is 1. The molecule has 1 fully saturated rings. The van der Waals surface area contributed by atoms with E-state index in [1.807, 2.05) is 6.92 Å². The van der Waals surface area contributed by atoms with E-state index in [2.05, 4.69) is 5.32 Å². The van der Waals surface area contributed by atoms with E-state index < -0.39 is 6.04 Å². The normalized spacial score (nSPS) is 19.7. The monoisotopic (exact) mass is 250 g/mol. The topological polar surface area (TPSA) is 49.4 Å². The summed E-state index contributed by atoms with van der Waals surface area (Å²) in [5, 5.41) is 2.92. The van der Waals surface area contributed by atoms with Crippen molar-refractivity contribution in [3.05, 3.63) is 35.1 Å². The molecule has 1 saturated heterocycles. The van der Waals surface area contributed by atoms with Gasteiger partial charge in [-0.2, -0.15) is 0 Å². The second-order valence-electron chi connectivity index (χ2n) is 4.52. The van der Waals surface area contributed by atoms with Gasteiger partial charge in [-0.25, -0.2) is 4.39 Å². The lowest BCUT2D eigenvalue weighted by atomic mass is 10.1. The smallest absolute Gasteiger partial charge is 0.246 e. The third kappa shape index (κ3) is 2.41. The lowest BCUT2D eigenvalue weighted by Gasteiger charge is -2.11. The Morgan fingerprint density at radius 1 is 1.44 bits per heavy atom. The number of hydrogen-bond acceptors (Lipinski definition) is 3. The van der Waals surface area contributed by atoms with Crippen molar-refractivity contribution in [3.63, 3.8) is 0 Å². The summed E-state index contributed by atoms with van der Waals surface area (Å²) < 4.78 is 13.5. The Bertz CT molecular complexity index is 502. The van der Waals surface area contributed by atoms with Gasteiger partial charge in [-0.05, 0) is 13.0 Å². The van der Waals surface area contributed by atoms with Crippen LogP contribution in [0.4, 0.5) is 4.39 Å². The van der Waals surface area contributed by atoms with Crippen molar-refractivity contribution in [2.24, 2.45) is 0 Å². The molecule has 1 aromatic rings. The van der Waals surface area contributed by atoms with E-state index in [4.69, 9.17) is 0 Å². The molecule has 0 aliphatic carbocycles. The Morgan fingerprint density at radius 2 is 2.17 bits per heavy atom. The molecular formula is C13H15FN2O2. The highest BCUT2D eigenvalue weighted by Crippen LogP contribution is 2.13. The number of nitrogens with zero attached hydrogens (tertiary/aromatic N) is 1. The van der Waals surface area contributed by atoms with E-state index >= 15 is 0 Å². The van der Waals surface area contributed by atoms with Gasteiger partial charge in [0.15, 0.2) is 0 Å². The molecule has 1 aromatic carbocycles. The van der Waals surface area contributed by atoms with Crippen LogP contribution in [0.5, 0.6) is 0 Å². The van der Waals surface area contributed by atoms with Gasteiger partial charge in [0.05, 0.1) is 12.5 Å². The molecule has 0 radical (unpaired) electrons.